The number of hydrogen-bond donors (Lipinski definition) is 1. The number of sulfone groups is 1. The highest BCUT2D eigenvalue weighted by molar-refractivity contribution is 7.91. The number of nitrogens with one attached hydrogen (secondary N) is 1. The molecule has 1 heterocycles. The lowest BCUT2D eigenvalue weighted by atomic mass is 10.2. The normalized spacial score (nSPS) is 12.0. The van der Waals surface area contributed by atoms with Crippen molar-refractivity contribution in [3.63, 3.8) is 0 Å². The molecule has 0 spiro atoms. The van der Waals surface area contributed by atoms with Gasteiger partial charge in [0, 0.05) is 29.7 Å². The molecule has 0 aromatic carbocycles. The molecule has 0 aliphatic carbocycles. The first kappa shape index (κ1) is 13.4. The van der Waals surface area contributed by atoms with Gasteiger partial charge in [0.15, 0.2) is 9.84 Å². The SMILES string of the molecule is CCS(=O)(=O)CCNc1nc(C(C)C)ns1. The van der Waals surface area contributed by atoms with E-state index < -0.39 is 9.84 Å². The second kappa shape index (κ2) is 5.58. The van der Waals surface area contributed by atoms with Crippen molar-refractivity contribution in [1.29, 1.82) is 0 Å². The van der Waals surface area contributed by atoms with Gasteiger partial charge in [-0.05, 0) is 0 Å². The Labute approximate surface area is 100 Å². The van der Waals surface area contributed by atoms with Crippen LogP contribution in [0.4, 0.5) is 5.13 Å². The maximum absolute atomic E-state index is 11.2. The van der Waals surface area contributed by atoms with Crippen molar-refractivity contribution in [2.45, 2.75) is 26.7 Å². The van der Waals surface area contributed by atoms with Gasteiger partial charge >= 0.3 is 0 Å². The predicted molar refractivity (Wildman–Crippen MR) is 66.8 cm³/mol. The van der Waals surface area contributed by atoms with Crippen LogP contribution in [0.25, 0.3) is 0 Å². The van der Waals surface area contributed by atoms with E-state index in [1.54, 1.807) is 6.92 Å². The first-order chi connectivity index (χ1) is 7.44. The van der Waals surface area contributed by atoms with Crippen LogP contribution in [0, 0.1) is 0 Å². The minimum absolute atomic E-state index is 0.139. The van der Waals surface area contributed by atoms with Crippen molar-refractivity contribution in [1.82, 2.24) is 9.36 Å². The van der Waals surface area contributed by atoms with Crippen molar-refractivity contribution in [3.05, 3.63) is 5.82 Å². The highest BCUT2D eigenvalue weighted by Gasteiger charge is 2.09. The lowest BCUT2D eigenvalue weighted by Crippen LogP contribution is -2.17. The molecule has 0 saturated carbocycles. The molecule has 1 aromatic rings. The standard InChI is InChI=1S/C9H17N3O2S2/c1-4-16(13,14)6-5-10-9-11-8(7(2)3)12-15-9/h7H,4-6H2,1-3H3,(H,10,11,12). The summed E-state index contributed by atoms with van der Waals surface area (Å²) in [6.45, 7) is 6.08. The summed E-state index contributed by atoms with van der Waals surface area (Å²) >= 11 is 1.27. The maximum atomic E-state index is 11.2. The zero-order valence-electron chi connectivity index (χ0n) is 9.73. The van der Waals surface area contributed by atoms with Crippen LogP contribution in [0.5, 0.6) is 0 Å². The predicted octanol–water partition coefficient (Wildman–Crippen LogP) is 1.51. The Hall–Kier alpha value is -0.690. The molecule has 0 aliphatic heterocycles. The van der Waals surface area contributed by atoms with E-state index in [9.17, 15) is 8.42 Å². The summed E-state index contributed by atoms with van der Waals surface area (Å²) in [6.07, 6.45) is 0. The largest absolute Gasteiger partial charge is 0.359 e. The smallest absolute Gasteiger partial charge is 0.202 e. The molecule has 0 fully saturated rings. The van der Waals surface area contributed by atoms with Crippen molar-refractivity contribution in [2.24, 2.45) is 0 Å². The van der Waals surface area contributed by atoms with Crippen LogP contribution < -0.4 is 5.32 Å². The van der Waals surface area contributed by atoms with E-state index in [0.29, 0.717) is 17.6 Å². The highest BCUT2D eigenvalue weighted by Crippen LogP contribution is 2.16. The summed E-state index contributed by atoms with van der Waals surface area (Å²) in [6, 6.07) is 0. The number of aromatic nitrogens is 2. The molecule has 0 saturated heterocycles. The quantitative estimate of drug-likeness (QED) is 0.842. The Morgan fingerprint density at radius 2 is 2.12 bits per heavy atom. The molecule has 1 aromatic heterocycles. The summed E-state index contributed by atoms with van der Waals surface area (Å²) in [5.74, 6) is 1.42. The fourth-order valence-electron chi connectivity index (χ4n) is 0.999. The summed E-state index contributed by atoms with van der Waals surface area (Å²) < 4.78 is 26.6. The molecule has 0 amide bonds. The maximum Gasteiger partial charge on any atom is 0.202 e. The molecule has 0 bridgehead atoms. The van der Waals surface area contributed by atoms with Gasteiger partial charge in [0.25, 0.3) is 0 Å². The molecular weight excluding hydrogens is 246 g/mol. The molecule has 0 radical (unpaired) electrons. The van der Waals surface area contributed by atoms with Crippen LogP contribution in [-0.2, 0) is 9.84 Å². The third kappa shape index (κ3) is 4.05. The lowest BCUT2D eigenvalue weighted by Gasteiger charge is -2.01. The van der Waals surface area contributed by atoms with E-state index in [4.69, 9.17) is 0 Å². The first-order valence-electron chi connectivity index (χ1n) is 5.22. The van der Waals surface area contributed by atoms with Gasteiger partial charge < -0.3 is 5.32 Å². The summed E-state index contributed by atoms with van der Waals surface area (Å²) in [5.41, 5.74) is 0. The highest BCUT2D eigenvalue weighted by atomic mass is 32.2. The molecule has 0 unspecified atom stereocenters. The molecule has 1 rings (SSSR count). The van der Waals surface area contributed by atoms with Crippen LogP contribution in [0.1, 0.15) is 32.5 Å². The van der Waals surface area contributed by atoms with Crippen LogP contribution in [-0.4, -0.2) is 35.8 Å². The lowest BCUT2D eigenvalue weighted by molar-refractivity contribution is 0.597. The summed E-state index contributed by atoms with van der Waals surface area (Å²) in [4.78, 5) is 4.26. The average Bonchev–Trinajstić information content (AvgIpc) is 2.66. The van der Waals surface area contributed by atoms with Gasteiger partial charge in [-0.1, -0.05) is 20.8 Å². The fraction of sp³-hybridized carbons (Fsp3) is 0.778. The molecular formula is C9H17N3O2S2. The number of anilines is 1. The Kier molecular flexibility index (Phi) is 4.67. The zero-order chi connectivity index (χ0) is 12.2. The van der Waals surface area contributed by atoms with Crippen LogP contribution in [0.3, 0.4) is 0 Å². The molecule has 0 atom stereocenters. The van der Waals surface area contributed by atoms with Crippen LogP contribution >= 0.6 is 11.5 Å². The Bertz CT molecular complexity index is 426. The fourth-order valence-corrected chi connectivity index (χ4v) is 2.43. The number of nitrogens with zero attached hydrogens (tertiary/aromatic N) is 2. The van der Waals surface area contributed by atoms with Gasteiger partial charge in [0.05, 0.1) is 5.75 Å². The van der Waals surface area contributed by atoms with Crippen LogP contribution in [0.2, 0.25) is 0 Å². The Balaban J connectivity index is 2.43. The van der Waals surface area contributed by atoms with Crippen molar-refractivity contribution in [3.8, 4) is 0 Å². The van der Waals surface area contributed by atoms with E-state index in [1.165, 1.54) is 11.5 Å². The number of hydrogen-bond acceptors (Lipinski definition) is 6. The van der Waals surface area contributed by atoms with Gasteiger partial charge in [0.1, 0.15) is 5.82 Å². The van der Waals surface area contributed by atoms with E-state index >= 15 is 0 Å². The van der Waals surface area contributed by atoms with E-state index in [-0.39, 0.29) is 11.5 Å². The minimum atomic E-state index is -2.91. The second-order valence-corrected chi connectivity index (χ2v) is 7.00. The Morgan fingerprint density at radius 3 is 2.62 bits per heavy atom. The third-order valence-corrected chi connectivity index (χ3v) is 4.48. The van der Waals surface area contributed by atoms with Crippen LogP contribution in [0.15, 0.2) is 0 Å². The molecule has 92 valence electrons. The molecule has 7 heteroatoms. The monoisotopic (exact) mass is 263 g/mol. The van der Waals surface area contributed by atoms with Gasteiger partial charge in [0.2, 0.25) is 5.13 Å². The van der Waals surface area contributed by atoms with Crippen molar-refractivity contribution in [2.75, 3.05) is 23.4 Å². The molecule has 16 heavy (non-hydrogen) atoms. The van der Waals surface area contributed by atoms with E-state index in [0.717, 1.165) is 5.82 Å². The molecule has 0 aliphatic rings. The topological polar surface area (TPSA) is 72.0 Å². The van der Waals surface area contributed by atoms with Gasteiger partial charge in [-0.2, -0.15) is 4.37 Å². The minimum Gasteiger partial charge on any atom is -0.359 e. The summed E-state index contributed by atoms with van der Waals surface area (Å²) in [5, 5.41) is 3.67. The van der Waals surface area contributed by atoms with Crippen molar-refractivity contribution >= 4 is 26.5 Å². The van der Waals surface area contributed by atoms with E-state index in [2.05, 4.69) is 14.7 Å². The third-order valence-electron chi connectivity index (χ3n) is 2.09. The van der Waals surface area contributed by atoms with Gasteiger partial charge in [-0.15, -0.1) is 0 Å². The van der Waals surface area contributed by atoms with Gasteiger partial charge in [-0.25, -0.2) is 13.4 Å². The average molecular weight is 263 g/mol. The zero-order valence-corrected chi connectivity index (χ0v) is 11.4. The Morgan fingerprint density at radius 1 is 1.44 bits per heavy atom. The number of rotatable bonds is 6. The van der Waals surface area contributed by atoms with Gasteiger partial charge in [-0.3, -0.25) is 0 Å². The van der Waals surface area contributed by atoms with Crippen molar-refractivity contribution < 1.29 is 8.42 Å². The first-order valence-corrected chi connectivity index (χ1v) is 7.82. The molecule has 1 N–H and O–H groups in total. The molecule has 5 nitrogen and oxygen atoms in total. The second-order valence-electron chi connectivity index (χ2n) is 3.78. The van der Waals surface area contributed by atoms with E-state index in [1.807, 2.05) is 13.8 Å². The summed E-state index contributed by atoms with van der Waals surface area (Å²) in [7, 11) is -2.91.